The second-order valence-corrected chi connectivity index (χ2v) is 8.00. The predicted octanol–water partition coefficient (Wildman–Crippen LogP) is 3.81. The van der Waals surface area contributed by atoms with E-state index in [-0.39, 0.29) is 23.3 Å². The maximum absolute atomic E-state index is 13.1. The molecule has 0 unspecified atom stereocenters. The summed E-state index contributed by atoms with van der Waals surface area (Å²) < 4.78 is 26.1. The molecule has 3 aromatic rings. The SMILES string of the molecule is O=C(CSc1cc(N2CCN(c3ccc(F)cc3)CC2)ncn1)Nc1ccc(F)cc1. The monoisotopic (exact) mass is 441 g/mol. The van der Waals surface area contributed by atoms with E-state index in [1.807, 2.05) is 6.07 Å². The highest BCUT2D eigenvalue weighted by Gasteiger charge is 2.19. The van der Waals surface area contributed by atoms with E-state index >= 15 is 0 Å². The highest BCUT2D eigenvalue weighted by Crippen LogP contribution is 2.23. The van der Waals surface area contributed by atoms with Crippen LogP contribution in [-0.4, -0.2) is 47.8 Å². The lowest BCUT2D eigenvalue weighted by molar-refractivity contribution is -0.113. The minimum Gasteiger partial charge on any atom is -0.368 e. The van der Waals surface area contributed by atoms with Gasteiger partial charge in [-0.1, -0.05) is 11.8 Å². The fourth-order valence-corrected chi connectivity index (χ4v) is 3.96. The number of nitrogens with one attached hydrogen (secondary N) is 1. The number of hydrogen-bond acceptors (Lipinski definition) is 6. The van der Waals surface area contributed by atoms with Gasteiger partial charge in [0.25, 0.3) is 0 Å². The van der Waals surface area contributed by atoms with Crippen molar-refractivity contribution in [3.63, 3.8) is 0 Å². The Morgan fingerprint density at radius 2 is 1.52 bits per heavy atom. The molecule has 1 amide bonds. The van der Waals surface area contributed by atoms with Gasteiger partial charge in [0.05, 0.1) is 5.75 Å². The van der Waals surface area contributed by atoms with Crippen LogP contribution < -0.4 is 15.1 Å². The summed E-state index contributed by atoms with van der Waals surface area (Å²) in [6.45, 7) is 3.17. The minimum atomic E-state index is -0.348. The van der Waals surface area contributed by atoms with Gasteiger partial charge in [-0.15, -0.1) is 0 Å². The average molecular weight is 442 g/mol. The van der Waals surface area contributed by atoms with Crippen molar-refractivity contribution in [2.24, 2.45) is 0 Å². The normalized spacial score (nSPS) is 13.9. The van der Waals surface area contributed by atoms with Crippen molar-refractivity contribution in [1.82, 2.24) is 9.97 Å². The van der Waals surface area contributed by atoms with Crippen LogP contribution in [0.15, 0.2) is 66.0 Å². The number of benzene rings is 2. The Bertz CT molecular complexity index is 1020. The maximum atomic E-state index is 13.1. The molecule has 1 saturated heterocycles. The van der Waals surface area contributed by atoms with Gasteiger partial charge < -0.3 is 15.1 Å². The Balaban J connectivity index is 1.29. The average Bonchev–Trinajstić information content (AvgIpc) is 2.80. The van der Waals surface area contributed by atoms with Crippen molar-refractivity contribution in [1.29, 1.82) is 0 Å². The molecule has 160 valence electrons. The quantitative estimate of drug-likeness (QED) is 0.464. The molecule has 1 N–H and O–H groups in total. The van der Waals surface area contributed by atoms with Crippen molar-refractivity contribution < 1.29 is 13.6 Å². The lowest BCUT2D eigenvalue weighted by atomic mass is 10.2. The van der Waals surface area contributed by atoms with Crippen molar-refractivity contribution in [3.05, 3.63) is 72.6 Å². The molecule has 2 heterocycles. The number of hydrogen-bond donors (Lipinski definition) is 1. The zero-order valence-electron chi connectivity index (χ0n) is 16.7. The third-order valence-electron chi connectivity index (χ3n) is 4.90. The van der Waals surface area contributed by atoms with E-state index in [0.29, 0.717) is 10.7 Å². The van der Waals surface area contributed by atoms with Gasteiger partial charge >= 0.3 is 0 Å². The van der Waals surface area contributed by atoms with Gasteiger partial charge in [0, 0.05) is 43.6 Å². The van der Waals surface area contributed by atoms with Crippen LogP contribution in [0.1, 0.15) is 0 Å². The summed E-state index contributed by atoms with van der Waals surface area (Å²) in [4.78, 5) is 25.1. The van der Waals surface area contributed by atoms with Crippen LogP contribution in [0, 0.1) is 11.6 Å². The molecule has 2 aromatic carbocycles. The highest BCUT2D eigenvalue weighted by atomic mass is 32.2. The van der Waals surface area contributed by atoms with Crippen molar-refractivity contribution in [2.45, 2.75) is 5.03 Å². The molecular formula is C22H21F2N5OS. The van der Waals surface area contributed by atoms with Crippen LogP contribution in [0.4, 0.5) is 26.0 Å². The van der Waals surface area contributed by atoms with Crippen LogP contribution >= 0.6 is 11.8 Å². The van der Waals surface area contributed by atoms with Gasteiger partial charge in [-0.3, -0.25) is 4.79 Å². The zero-order chi connectivity index (χ0) is 21.6. The first-order chi connectivity index (χ1) is 15.1. The lowest BCUT2D eigenvalue weighted by Gasteiger charge is -2.36. The van der Waals surface area contributed by atoms with Gasteiger partial charge in [0.2, 0.25) is 5.91 Å². The lowest BCUT2D eigenvalue weighted by Crippen LogP contribution is -2.46. The smallest absolute Gasteiger partial charge is 0.234 e. The third-order valence-corrected chi connectivity index (χ3v) is 5.83. The number of anilines is 3. The summed E-state index contributed by atoms with van der Waals surface area (Å²) in [5.74, 6) is 0.227. The zero-order valence-corrected chi connectivity index (χ0v) is 17.5. The van der Waals surface area contributed by atoms with Crippen molar-refractivity contribution >= 4 is 34.9 Å². The van der Waals surface area contributed by atoms with E-state index in [9.17, 15) is 13.6 Å². The number of amides is 1. The van der Waals surface area contributed by atoms with Gasteiger partial charge in [0.1, 0.15) is 28.8 Å². The largest absolute Gasteiger partial charge is 0.368 e. The Morgan fingerprint density at radius 1 is 0.903 bits per heavy atom. The number of rotatable bonds is 6. The maximum Gasteiger partial charge on any atom is 0.234 e. The number of aromatic nitrogens is 2. The Labute approximate surface area is 183 Å². The molecule has 1 fully saturated rings. The van der Waals surface area contributed by atoms with E-state index in [2.05, 4.69) is 25.1 Å². The standard InChI is InChI=1S/C22H21F2N5OS/c23-16-1-5-18(6-2-16)27-21(30)14-31-22-13-20(25-15-26-22)29-11-9-28(10-12-29)19-7-3-17(24)4-8-19/h1-8,13,15H,9-12,14H2,(H,27,30). The van der Waals surface area contributed by atoms with Gasteiger partial charge in [-0.2, -0.15) is 0 Å². The number of nitrogens with zero attached hydrogens (tertiary/aromatic N) is 4. The molecule has 1 aliphatic rings. The van der Waals surface area contributed by atoms with E-state index in [4.69, 9.17) is 0 Å². The Hall–Kier alpha value is -3.20. The van der Waals surface area contributed by atoms with E-state index in [1.54, 1.807) is 12.1 Å². The molecule has 9 heteroatoms. The fourth-order valence-electron chi connectivity index (χ4n) is 3.30. The molecule has 0 atom stereocenters. The summed E-state index contributed by atoms with van der Waals surface area (Å²) >= 11 is 1.32. The Kier molecular flexibility index (Phi) is 6.61. The summed E-state index contributed by atoms with van der Waals surface area (Å²) in [5, 5.41) is 3.44. The first-order valence-electron chi connectivity index (χ1n) is 9.82. The predicted molar refractivity (Wildman–Crippen MR) is 119 cm³/mol. The molecule has 0 bridgehead atoms. The first kappa shape index (κ1) is 21.0. The van der Waals surface area contributed by atoms with E-state index in [0.717, 1.165) is 37.7 Å². The molecule has 0 radical (unpaired) electrons. The third kappa shape index (κ3) is 5.69. The van der Waals surface area contributed by atoms with E-state index in [1.165, 1.54) is 54.5 Å². The number of halogens is 2. The summed E-state index contributed by atoms with van der Waals surface area (Å²) in [5.41, 5.74) is 1.56. The minimum absolute atomic E-state index is 0.187. The molecule has 0 spiro atoms. The van der Waals surface area contributed by atoms with Gasteiger partial charge in [0.15, 0.2) is 0 Å². The van der Waals surface area contributed by atoms with E-state index < -0.39 is 0 Å². The first-order valence-corrected chi connectivity index (χ1v) is 10.8. The number of carbonyl (C=O) groups is 1. The summed E-state index contributed by atoms with van der Waals surface area (Å²) in [6.07, 6.45) is 1.50. The number of carbonyl (C=O) groups excluding carboxylic acids is 1. The molecular weight excluding hydrogens is 420 g/mol. The van der Waals surface area contributed by atoms with Crippen LogP contribution in [0.25, 0.3) is 0 Å². The van der Waals surface area contributed by atoms with Crippen molar-refractivity contribution in [2.75, 3.05) is 47.0 Å². The molecule has 4 rings (SSSR count). The number of thioether (sulfide) groups is 1. The number of piperazine rings is 1. The Morgan fingerprint density at radius 3 is 2.19 bits per heavy atom. The van der Waals surface area contributed by atoms with Crippen LogP contribution in [0.2, 0.25) is 0 Å². The molecule has 1 aromatic heterocycles. The fraction of sp³-hybridized carbons (Fsp3) is 0.227. The molecule has 0 aliphatic carbocycles. The summed E-state index contributed by atoms with van der Waals surface area (Å²) in [6, 6.07) is 14.1. The highest BCUT2D eigenvalue weighted by molar-refractivity contribution is 7.99. The molecule has 0 saturated carbocycles. The summed E-state index contributed by atoms with van der Waals surface area (Å²) in [7, 11) is 0. The second kappa shape index (κ2) is 9.74. The van der Waals surface area contributed by atoms with Crippen LogP contribution in [-0.2, 0) is 4.79 Å². The topological polar surface area (TPSA) is 61.4 Å². The van der Waals surface area contributed by atoms with Gasteiger partial charge in [-0.25, -0.2) is 18.7 Å². The van der Waals surface area contributed by atoms with Crippen LogP contribution in [0.3, 0.4) is 0 Å². The molecule has 1 aliphatic heterocycles. The van der Waals surface area contributed by atoms with Crippen molar-refractivity contribution in [3.8, 4) is 0 Å². The van der Waals surface area contributed by atoms with Crippen LogP contribution in [0.5, 0.6) is 0 Å². The van der Waals surface area contributed by atoms with Gasteiger partial charge in [-0.05, 0) is 48.5 Å². The second-order valence-electron chi connectivity index (χ2n) is 7.01. The molecule has 31 heavy (non-hydrogen) atoms. The molecule has 6 nitrogen and oxygen atoms in total.